The lowest BCUT2D eigenvalue weighted by Crippen LogP contribution is -2.21. The summed E-state index contributed by atoms with van der Waals surface area (Å²) in [6, 6.07) is 7.09. The van der Waals surface area contributed by atoms with Crippen LogP contribution in [0.15, 0.2) is 24.3 Å². The summed E-state index contributed by atoms with van der Waals surface area (Å²) in [5.41, 5.74) is 10.4. The molecule has 0 radical (unpaired) electrons. The zero-order valence-electron chi connectivity index (χ0n) is 7.53. The predicted molar refractivity (Wildman–Crippen MR) is 51.1 cm³/mol. The van der Waals surface area contributed by atoms with E-state index in [1.165, 1.54) is 5.56 Å². The van der Waals surface area contributed by atoms with E-state index in [2.05, 4.69) is 5.73 Å². The molecule has 4 heteroatoms. The Kier molecular flexibility index (Phi) is 5.30. The van der Waals surface area contributed by atoms with Crippen molar-refractivity contribution in [1.29, 1.82) is 0 Å². The Hall–Kier alpha value is -1.55. The van der Waals surface area contributed by atoms with Gasteiger partial charge in [0.2, 0.25) is 5.91 Å². The molecule has 13 heavy (non-hydrogen) atoms. The van der Waals surface area contributed by atoms with Crippen molar-refractivity contribution in [2.75, 3.05) is 6.54 Å². The average molecular weight is 182 g/mol. The number of aromatic hydroxyl groups is 1. The topological polar surface area (TPSA) is 89.3 Å². The van der Waals surface area contributed by atoms with Crippen molar-refractivity contribution in [3.05, 3.63) is 29.8 Å². The van der Waals surface area contributed by atoms with E-state index >= 15 is 0 Å². The summed E-state index contributed by atoms with van der Waals surface area (Å²) >= 11 is 0. The van der Waals surface area contributed by atoms with Gasteiger partial charge in [0, 0.05) is 0 Å². The second-order valence-corrected chi connectivity index (χ2v) is 2.51. The Bertz CT molecular complexity index is 236. The maximum Gasteiger partial charge on any atom is 0.231 e. The lowest BCUT2D eigenvalue weighted by molar-refractivity contribution is -0.116. The van der Waals surface area contributed by atoms with Gasteiger partial charge in [0.25, 0.3) is 0 Å². The summed E-state index contributed by atoms with van der Waals surface area (Å²) in [5, 5.41) is 8.76. The SMILES string of the molecule is Cc1ccc(O)cc1.NCC(N)=O. The van der Waals surface area contributed by atoms with Crippen LogP contribution in [-0.4, -0.2) is 17.6 Å². The number of benzene rings is 1. The summed E-state index contributed by atoms with van der Waals surface area (Å²) in [4.78, 5) is 9.47. The second-order valence-electron chi connectivity index (χ2n) is 2.51. The summed E-state index contributed by atoms with van der Waals surface area (Å²) in [7, 11) is 0. The maximum atomic E-state index is 9.47. The average Bonchev–Trinajstić information content (AvgIpc) is 2.11. The van der Waals surface area contributed by atoms with Gasteiger partial charge in [-0.15, -0.1) is 0 Å². The Morgan fingerprint density at radius 1 is 1.38 bits per heavy atom. The fourth-order valence-electron chi connectivity index (χ4n) is 0.545. The van der Waals surface area contributed by atoms with Crippen molar-refractivity contribution in [1.82, 2.24) is 0 Å². The monoisotopic (exact) mass is 182 g/mol. The van der Waals surface area contributed by atoms with Gasteiger partial charge in [-0.1, -0.05) is 17.7 Å². The van der Waals surface area contributed by atoms with Crippen molar-refractivity contribution < 1.29 is 9.90 Å². The van der Waals surface area contributed by atoms with E-state index < -0.39 is 5.91 Å². The highest BCUT2D eigenvalue weighted by atomic mass is 16.3. The highest BCUT2D eigenvalue weighted by Gasteiger charge is 1.82. The van der Waals surface area contributed by atoms with Gasteiger partial charge in [0.15, 0.2) is 0 Å². The third-order valence-corrected chi connectivity index (χ3v) is 1.24. The molecule has 1 rings (SSSR count). The van der Waals surface area contributed by atoms with Gasteiger partial charge >= 0.3 is 0 Å². The summed E-state index contributed by atoms with van der Waals surface area (Å²) in [6.07, 6.45) is 0. The molecule has 0 aliphatic carbocycles. The van der Waals surface area contributed by atoms with E-state index in [1.54, 1.807) is 12.1 Å². The molecule has 0 heterocycles. The molecule has 0 fully saturated rings. The number of aryl methyl sites for hydroxylation is 1. The lowest BCUT2D eigenvalue weighted by Gasteiger charge is -1.89. The van der Waals surface area contributed by atoms with Crippen molar-refractivity contribution in [3.63, 3.8) is 0 Å². The predicted octanol–water partition coefficient (Wildman–Crippen LogP) is 0.131. The van der Waals surface area contributed by atoms with E-state index in [4.69, 9.17) is 10.8 Å². The summed E-state index contributed by atoms with van der Waals surface area (Å²) in [6.45, 7) is 1.93. The number of phenols is 1. The van der Waals surface area contributed by atoms with Crippen LogP contribution in [0.4, 0.5) is 0 Å². The van der Waals surface area contributed by atoms with Crippen LogP contribution in [0.25, 0.3) is 0 Å². The smallest absolute Gasteiger partial charge is 0.231 e. The largest absolute Gasteiger partial charge is 0.508 e. The molecule has 72 valence electrons. The molecular formula is C9H14N2O2. The van der Waals surface area contributed by atoms with E-state index in [0.717, 1.165) is 0 Å². The van der Waals surface area contributed by atoms with Crippen molar-refractivity contribution in [2.45, 2.75) is 6.92 Å². The van der Waals surface area contributed by atoms with Gasteiger partial charge in [-0.05, 0) is 19.1 Å². The van der Waals surface area contributed by atoms with Gasteiger partial charge in [0.05, 0.1) is 6.54 Å². The van der Waals surface area contributed by atoms with Crippen LogP contribution >= 0.6 is 0 Å². The van der Waals surface area contributed by atoms with E-state index in [0.29, 0.717) is 5.75 Å². The fourth-order valence-corrected chi connectivity index (χ4v) is 0.545. The Morgan fingerprint density at radius 2 is 1.77 bits per heavy atom. The van der Waals surface area contributed by atoms with Crippen LogP contribution in [0.1, 0.15) is 5.56 Å². The molecule has 0 saturated carbocycles. The minimum Gasteiger partial charge on any atom is -0.508 e. The minimum absolute atomic E-state index is 0.0556. The van der Waals surface area contributed by atoms with Gasteiger partial charge in [-0.2, -0.15) is 0 Å². The third-order valence-electron chi connectivity index (χ3n) is 1.24. The number of phenolic OH excluding ortho intramolecular Hbond substituents is 1. The number of carbonyl (C=O) groups is 1. The molecule has 0 aliphatic rings. The zero-order chi connectivity index (χ0) is 10.3. The lowest BCUT2D eigenvalue weighted by atomic mass is 10.2. The highest BCUT2D eigenvalue weighted by molar-refractivity contribution is 5.75. The van der Waals surface area contributed by atoms with Gasteiger partial charge in [-0.3, -0.25) is 4.79 Å². The first-order chi connectivity index (χ1) is 6.06. The standard InChI is InChI=1S/C7H8O.C2H6N2O/c1-6-2-4-7(8)5-3-6;3-1-2(4)5/h2-5,8H,1H3;1,3H2,(H2,4,5). The molecule has 5 N–H and O–H groups in total. The van der Waals surface area contributed by atoms with Crippen LogP contribution in [-0.2, 0) is 4.79 Å². The molecule has 4 nitrogen and oxygen atoms in total. The number of nitrogens with two attached hydrogens (primary N) is 2. The molecule has 1 aromatic carbocycles. The van der Waals surface area contributed by atoms with E-state index in [1.807, 2.05) is 19.1 Å². The third kappa shape index (κ3) is 6.83. The molecule has 0 saturated heterocycles. The first-order valence-corrected chi connectivity index (χ1v) is 3.80. The van der Waals surface area contributed by atoms with Crippen molar-refractivity contribution in [3.8, 4) is 5.75 Å². The van der Waals surface area contributed by atoms with Gasteiger partial charge in [-0.25, -0.2) is 0 Å². The number of rotatable bonds is 1. The maximum absolute atomic E-state index is 9.47. The van der Waals surface area contributed by atoms with E-state index in [-0.39, 0.29) is 6.54 Å². The minimum atomic E-state index is -0.468. The first-order valence-electron chi connectivity index (χ1n) is 3.80. The van der Waals surface area contributed by atoms with Gasteiger partial charge < -0.3 is 16.6 Å². The van der Waals surface area contributed by atoms with Crippen molar-refractivity contribution in [2.24, 2.45) is 11.5 Å². The molecule has 0 aliphatic heterocycles. The van der Waals surface area contributed by atoms with E-state index in [9.17, 15) is 4.79 Å². The number of carbonyl (C=O) groups excluding carboxylic acids is 1. The Balaban J connectivity index is 0.000000252. The normalized spacial score (nSPS) is 8.46. The van der Waals surface area contributed by atoms with Gasteiger partial charge in [0.1, 0.15) is 5.75 Å². The molecule has 0 atom stereocenters. The van der Waals surface area contributed by atoms with Crippen LogP contribution in [0.3, 0.4) is 0 Å². The molecule has 1 aromatic rings. The number of amides is 1. The zero-order valence-corrected chi connectivity index (χ0v) is 7.53. The van der Waals surface area contributed by atoms with Crippen LogP contribution < -0.4 is 11.5 Å². The molecule has 0 unspecified atom stereocenters. The summed E-state index contributed by atoms with van der Waals surface area (Å²) in [5.74, 6) is -0.138. The number of hydrogen-bond donors (Lipinski definition) is 3. The number of primary amides is 1. The van der Waals surface area contributed by atoms with Crippen LogP contribution in [0.5, 0.6) is 5.75 Å². The van der Waals surface area contributed by atoms with Crippen LogP contribution in [0.2, 0.25) is 0 Å². The first kappa shape index (κ1) is 11.4. The molecule has 0 spiro atoms. The molecular weight excluding hydrogens is 168 g/mol. The Labute approximate surface area is 77.2 Å². The summed E-state index contributed by atoms with van der Waals surface area (Å²) < 4.78 is 0. The molecule has 0 bridgehead atoms. The molecule has 0 aromatic heterocycles. The quantitative estimate of drug-likeness (QED) is 0.576. The fraction of sp³-hybridized carbons (Fsp3) is 0.222. The second kappa shape index (κ2) is 6.02. The number of hydrogen-bond acceptors (Lipinski definition) is 3. The molecule has 1 amide bonds. The van der Waals surface area contributed by atoms with Crippen LogP contribution in [0, 0.1) is 6.92 Å². The van der Waals surface area contributed by atoms with Crippen molar-refractivity contribution >= 4 is 5.91 Å². The Morgan fingerprint density at radius 3 is 2.00 bits per heavy atom. The highest BCUT2D eigenvalue weighted by Crippen LogP contribution is 2.07.